The number of nitrogens with one attached hydrogen (secondary N) is 3. The minimum absolute atomic E-state index is 0.354. The van der Waals surface area contributed by atoms with E-state index in [2.05, 4.69) is 44.4 Å². The lowest BCUT2D eigenvalue weighted by Gasteiger charge is -2.14. The van der Waals surface area contributed by atoms with Gasteiger partial charge in [0.05, 0.1) is 17.8 Å². The Morgan fingerprint density at radius 3 is 2.88 bits per heavy atom. The van der Waals surface area contributed by atoms with E-state index in [-0.39, 0.29) is 6.03 Å². The summed E-state index contributed by atoms with van der Waals surface area (Å²) >= 11 is 1.45. The first-order valence-corrected chi connectivity index (χ1v) is 11.3. The molecule has 166 valence electrons. The summed E-state index contributed by atoms with van der Waals surface area (Å²) in [6.45, 7) is 6.74. The van der Waals surface area contributed by atoms with Gasteiger partial charge >= 0.3 is 6.03 Å². The number of amides is 2. The summed E-state index contributed by atoms with van der Waals surface area (Å²) in [6, 6.07) is 9.19. The number of urea groups is 1. The highest BCUT2D eigenvalue weighted by molar-refractivity contribution is 7.15. The summed E-state index contributed by atoms with van der Waals surface area (Å²) in [5.41, 5.74) is 3.35. The van der Waals surface area contributed by atoms with Crippen LogP contribution in [-0.4, -0.2) is 32.6 Å². The quantitative estimate of drug-likeness (QED) is 0.343. The minimum atomic E-state index is -0.354. The number of fused-ring (bicyclic) bond motifs is 1. The van der Waals surface area contributed by atoms with Gasteiger partial charge in [0.25, 0.3) is 0 Å². The zero-order valence-electron chi connectivity index (χ0n) is 18.3. The largest absolute Gasteiger partial charge is 0.491 e. The SMILES string of the molecule is Cc1ccc(NC(=O)Nc2ncc(CCc3nc4ncccc4[nH]3)s2)c(OCC(C)C)c1. The van der Waals surface area contributed by atoms with Crippen LogP contribution in [0.5, 0.6) is 5.75 Å². The van der Waals surface area contributed by atoms with Crippen molar-refractivity contribution < 1.29 is 9.53 Å². The average molecular weight is 451 g/mol. The highest BCUT2D eigenvalue weighted by Gasteiger charge is 2.12. The van der Waals surface area contributed by atoms with E-state index in [0.29, 0.717) is 29.1 Å². The van der Waals surface area contributed by atoms with Crippen molar-refractivity contribution in [1.82, 2.24) is 19.9 Å². The topological polar surface area (TPSA) is 105 Å². The molecule has 4 aromatic rings. The number of aromatic nitrogens is 4. The van der Waals surface area contributed by atoms with Crippen LogP contribution in [0.1, 0.15) is 30.1 Å². The molecule has 0 aliphatic rings. The molecule has 0 saturated carbocycles. The fraction of sp³-hybridized carbons (Fsp3) is 0.304. The number of aryl methyl sites for hydroxylation is 3. The first kappa shape index (κ1) is 21.8. The van der Waals surface area contributed by atoms with E-state index in [1.165, 1.54) is 11.3 Å². The molecule has 0 saturated heterocycles. The van der Waals surface area contributed by atoms with E-state index in [1.807, 2.05) is 37.3 Å². The minimum Gasteiger partial charge on any atom is -0.491 e. The Labute approximate surface area is 190 Å². The molecule has 0 aliphatic heterocycles. The van der Waals surface area contributed by atoms with Crippen molar-refractivity contribution >= 4 is 39.4 Å². The number of imidazole rings is 1. The maximum absolute atomic E-state index is 12.5. The number of benzene rings is 1. The molecule has 4 rings (SSSR count). The third kappa shape index (κ3) is 5.61. The van der Waals surface area contributed by atoms with Crippen LogP contribution in [0.4, 0.5) is 15.6 Å². The number of aromatic amines is 1. The van der Waals surface area contributed by atoms with Gasteiger partial charge in [0.2, 0.25) is 0 Å². The standard InChI is InChI=1S/C23H26N6O2S/c1-14(2)13-31-19-11-15(3)6-8-17(19)27-22(30)29-23-25-12-16(32-23)7-9-20-26-18-5-4-10-24-21(18)28-20/h4-6,8,10-12,14H,7,9,13H2,1-3H3,(H,24,26,28)(H2,25,27,29,30). The van der Waals surface area contributed by atoms with Gasteiger partial charge in [-0.05, 0) is 49.1 Å². The van der Waals surface area contributed by atoms with Crippen molar-refractivity contribution in [2.75, 3.05) is 17.2 Å². The number of anilines is 2. The Balaban J connectivity index is 1.33. The van der Waals surface area contributed by atoms with Gasteiger partial charge in [0.1, 0.15) is 11.6 Å². The van der Waals surface area contributed by atoms with Crippen molar-refractivity contribution in [2.24, 2.45) is 5.92 Å². The van der Waals surface area contributed by atoms with Gasteiger partial charge in [-0.25, -0.2) is 19.7 Å². The number of nitrogens with zero attached hydrogens (tertiary/aromatic N) is 3. The number of pyridine rings is 1. The average Bonchev–Trinajstić information content (AvgIpc) is 3.38. The fourth-order valence-electron chi connectivity index (χ4n) is 3.10. The van der Waals surface area contributed by atoms with Crippen molar-refractivity contribution in [1.29, 1.82) is 0 Å². The van der Waals surface area contributed by atoms with Crippen LogP contribution >= 0.6 is 11.3 Å². The second kappa shape index (κ2) is 9.78. The van der Waals surface area contributed by atoms with Crippen molar-refractivity contribution in [3.8, 4) is 5.75 Å². The molecular weight excluding hydrogens is 424 g/mol. The molecule has 3 heterocycles. The number of H-pyrrole nitrogens is 1. The van der Waals surface area contributed by atoms with Crippen LogP contribution in [-0.2, 0) is 12.8 Å². The highest BCUT2D eigenvalue weighted by Crippen LogP contribution is 2.27. The molecule has 0 aliphatic carbocycles. The monoisotopic (exact) mass is 450 g/mol. The lowest BCUT2D eigenvalue weighted by atomic mass is 10.2. The van der Waals surface area contributed by atoms with E-state index in [9.17, 15) is 4.79 Å². The molecule has 0 spiro atoms. The van der Waals surface area contributed by atoms with Gasteiger partial charge in [-0.3, -0.25) is 5.32 Å². The molecule has 3 aromatic heterocycles. The second-order valence-corrected chi connectivity index (χ2v) is 9.09. The number of hydrogen-bond donors (Lipinski definition) is 3. The first-order chi connectivity index (χ1) is 15.5. The number of hydrogen-bond acceptors (Lipinski definition) is 6. The molecule has 0 fully saturated rings. The predicted molar refractivity (Wildman–Crippen MR) is 128 cm³/mol. The number of rotatable bonds is 8. The van der Waals surface area contributed by atoms with Crippen molar-refractivity contribution in [3.63, 3.8) is 0 Å². The van der Waals surface area contributed by atoms with E-state index in [1.54, 1.807) is 12.4 Å². The van der Waals surface area contributed by atoms with E-state index in [4.69, 9.17) is 4.74 Å². The molecule has 0 bridgehead atoms. The molecule has 3 N–H and O–H groups in total. The number of thiazole rings is 1. The lowest BCUT2D eigenvalue weighted by molar-refractivity contribution is 0.260. The summed E-state index contributed by atoms with van der Waals surface area (Å²) < 4.78 is 5.86. The summed E-state index contributed by atoms with van der Waals surface area (Å²) in [7, 11) is 0. The molecule has 0 unspecified atom stereocenters. The number of ether oxygens (including phenoxy) is 1. The molecular formula is C23H26N6O2S. The predicted octanol–water partition coefficient (Wildman–Crippen LogP) is 5.19. The summed E-state index contributed by atoms with van der Waals surface area (Å²) in [6.07, 6.45) is 5.02. The van der Waals surface area contributed by atoms with Crippen LogP contribution in [0, 0.1) is 12.8 Å². The van der Waals surface area contributed by atoms with E-state index < -0.39 is 0 Å². The molecule has 8 nitrogen and oxygen atoms in total. The van der Waals surface area contributed by atoms with Crippen LogP contribution in [0.25, 0.3) is 11.2 Å². The summed E-state index contributed by atoms with van der Waals surface area (Å²) in [5, 5.41) is 6.21. The maximum Gasteiger partial charge on any atom is 0.325 e. The van der Waals surface area contributed by atoms with Gasteiger partial charge in [-0.15, -0.1) is 11.3 Å². The Morgan fingerprint density at radius 2 is 2.06 bits per heavy atom. The lowest BCUT2D eigenvalue weighted by Crippen LogP contribution is -2.20. The van der Waals surface area contributed by atoms with Crippen LogP contribution < -0.4 is 15.4 Å². The Morgan fingerprint density at radius 1 is 1.19 bits per heavy atom. The Bertz CT molecular complexity index is 1180. The molecule has 32 heavy (non-hydrogen) atoms. The number of carbonyl (C=O) groups excluding carboxylic acids is 1. The van der Waals surface area contributed by atoms with Gasteiger partial charge < -0.3 is 15.0 Å². The van der Waals surface area contributed by atoms with Gasteiger partial charge in [0, 0.05) is 23.7 Å². The molecule has 1 aromatic carbocycles. The first-order valence-electron chi connectivity index (χ1n) is 10.5. The van der Waals surface area contributed by atoms with Crippen LogP contribution in [0.15, 0.2) is 42.7 Å². The molecule has 0 radical (unpaired) electrons. The highest BCUT2D eigenvalue weighted by atomic mass is 32.1. The van der Waals surface area contributed by atoms with Gasteiger partial charge in [-0.2, -0.15) is 0 Å². The van der Waals surface area contributed by atoms with Gasteiger partial charge in [-0.1, -0.05) is 19.9 Å². The third-order valence-corrected chi connectivity index (χ3v) is 5.62. The molecule has 9 heteroatoms. The third-order valence-electron chi connectivity index (χ3n) is 4.65. The summed E-state index contributed by atoms with van der Waals surface area (Å²) in [5.74, 6) is 1.93. The van der Waals surface area contributed by atoms with Gasteiger partial charge in [0.15, 0.2) is 10.8 Å². The van der Waals surface area contributed by atoms with Crippen molar-refractivity contribution in [3.05, 3.63) is 59.0 Å². The zero-order valence-corrected chi connectivity index (χ0v) is 19.1. The zero-order chi connectivity index (χ0) is 22.5. The summed E-state index contributed by atoms with van der Waals surface area (Å²) in [4.78, 5) is 29.9. The Hall–Kier alpha value is -3.46. The Kier molecular flexibility index (Phi) is 6.65. The maximum atomic E-state index is 12.5. The molecule has 2 amide bonds. The van der Waals surface area contributed by atoms with Crippen LogP contribution in [0.3, 0.4) is 0 Å². The fourth-order valence-corrected chi connectivity index (χ4v) is 3.90. The number of carbonyl (C=O) groups is 1. The normalized spacial score (nSPS) is 11.1. The van der Waals surface area contributed by atoms with E-state index >= 15 is 0 Å². The van der Waals surface area contributed by atoms with E-state index in [0.717, 1.165) is 40.3 Å². The van der Waals surface area contributed by atoms with Crippen molar-refractivity contribution in [2.45, 2.75) is 33.6 Å². The van der Waals surface area contributed by atoms with Crippen LogP contribution in [0.2, 0.25) is 0 Å². The second-order valence-electron chi connectivity index (χ2n) is 7.97. The molecule has 0 atom stereocenters. The smallest absolute Gasteiger partial charge is 0.325 e.